The Morgan fingerprint density at radius 3 is 1.70 bits per heavy atom. The largest absolute Gasteiger partial charge is 0.506 e. The molecule has 0 radical (unpaired) electrons. The number of hydrogen-bond donors (Lipinski definition) is 4. The van der Waals surface area contributed by atoms with E-state index >= 15 is 0 Å². The summed E-state index contributed by atoms with van der Waals surface area (Å²) in [5, 5.41) is 37.1. The summed E-state index contributed by atoms with van der Waals surface area (Å²) in [6.45, 7) is 3.10. The lowest BCUT2D eigenvalue weighted by atomic mass is 9.88. The maximum Gasteiger partial charge on any atom is 0.340 e. The van der Waals surface area contributed by atoms with Gasteiger partial charge >= 0.3 is 17.9 Å². The predicted octanol–water partition coefficient (Wildman–Crippen LogP) is 1.75. The van der Waals surface area contributed by atoms with Gasteiger partial charge in [0, 0.05) is 0 Å². The van der Waals surface area contributed by atoms with Gasteiger partial charge < -0.3 is 20.4 Å². The van der Waals surface area contributed by atoms with Crippen LogP contribution in [-0.4, -0.2) is 38.3 Å². The minimum absolute atomic E-state index is 0.0481. The number of rotatable bonds is 5. The number of aromatic carboxylic acids is 3. The molecule has 0 aromatic heterocycles. The van der Waals surface area contributed by atoms with E-state index in [1.54, 1.807) is 6.92 Å². The third-order valence-corrected chi connectivity index (χ3v) is 2.99. The molecule has 7 nitrogen and oxygen atoms in total. The normalized spacial score (nSPS) is 10.3. The molecule has 4 N–H and O–H groups in total. The molecular formula is C13H14O7. The molecule has 0 saturated carbocycles. The van der Waals surface area contributed by atoms with Crippen LogP contribution in [0.4, 0.5) is 0 Å². The van der Waals surface area contributed by atoms with Crippen molar-refractivity contribution < 1.29 is 34.8 Å². The summed E-state index contributed by atoms with van der Waals surface area (Å²) in [5.41, 5.74) is -1.84. The van der Waals surface area contributed by atoms with Crippen LogP contribution >= 0.6 is 0 Å². The van der Waals surface area contributed by atoms with Crippen LogP contribution in [0, 0.1) is 6.92 Å². The number of benzene rings is 1. The smallest absolute Gasteiger partial charge is 0.340 e. The molecule has 0 aliphatic rings. The van der Waals surface area contributed by atoms with Gasteiger partial charge in [0.15, 0.2) is 0 Å². The fourth-order valence-corrected chi connectivity index (χ4v) is 2.18. The highest BCUT2D eigenvalue weighted by Crippen LogP contribution is 2.34. The Labute approximate surface area is 114 Å². The van der Waals surface area contributed by atoms with Crippen molar-refractivity contribution in [2.24, 2.45) is 0 Å². The van der Waals surface area contributed by atoms with Crippen LogP contribution in [0.2, 0.25) is 0 Å². The second-order valence-corrected chi connectivity index (χ2v) is 4.24. The highest BCUT2D eigenvalue weighted by atomic mass is 16.4. The van der Waals surface area contributed by atoms with E-state index in [0.717, 1.165) is 0 Å². The van der Waals surface area contributed by atoms with Gasteiger partial charge in [-0.2, -0.15) is 0 Å². The van der Waals surface area contributed by atoms with Crippen LogP contribution in [0.3, 0.4) is 0 Å². The zero-order valence-electron chi connectivity index (χ0n) is 10.9. The minimum Gasteiger partial charge on any atom is -0.506 e. The van der Waals surface area contributed by atoms with E-state index in [-0.39, 0.29) is 17.5 Å². The molecule has 0 fully saturated rings. The third-order valence-electron chi connectivity index (χ3n) is 2.99. The maximum atomic E-state index is 11.2. The summed E-state index contributed by atoms with van der Waals surface area (Å²) in [4.78, 5) is 33.6. The van der Waals surface area contributed by atoms with Gasteiger partial charge in [0.2, 0.25) is 0 Å². The standard InChI is InChI=1S/C13H14O7/c1-3-4-6-5(2)7(11(15)16)9(13(19)20)10(14)8(6)12(17)18/h14H,3-4H2,1-2H3,(H,15,16)(H,17,18)(H,19,20). The third kappa shape index (κ3) is 2.42. The molecule has 1 aromatic carbocycles. The van der Waals surface area contributed by atoms with Crippen molar-refractivity contribution in [3.8, 4) is 5.75 Å². The Morgan fingerprint density at radius 2 is 1.35 bits per heavy atom. The summed E-state index contributed by atoms with van der Waals surface area (Å²) < 4.78 is 0. The molecule has 20 heavy (non-hydrogen) atoms. The molecule has 0 aliphatic heterocycles. The molecule has 7 heteroatoms. The lowest BCUT2D eigenvalue weighted by molar-refractivity contribution is 0.0643. The van der Waals surface area contributed by atoms with Gasteiger partial charge in [0.25, 0.3) is 0 Å². The van der Waals surface area contributed by atoms with Crippen LogP contribution in [0.5, 0.6) is 5.75 Å². The average molecular weight is 282 g/mol. The van der Waals surface area contributed by atoms with Crippen molar-refractivity contribution in [2.45, 2.75) is 26.7 Å². The summed E-state index contributed by atoms with van der Waals surface area (Å²) in [6.07, 6.45) is 0.743. The molecule has 0 bridgehead atoms. The van der Waals surface area contributed by atoms with Crippen molar-refractivity contribution in [1.82, 2.24) is 0 Å². The number of carboxylic acid groups (broad SMARTS) is 3. The fourth-order valence-electron chi connectivity index (χ4n) is 2.18. The van der Waals surface area contributed by atoms with Crippen LogP contribution < -0.4 is 0 Å². The molecule has 1 rings (SSSR count). The zero-order chi connectivity index (χ0) is 15.6. The monoisotopic (exact) mass is 282 g/mol. The highest BCUT2D eigenvalue weighted by molar-refractivity contribution is 6.08. The molecule has 1 aromatic rings. The zero-order valence-corrected chi connectivity index (χ0v) is 10.9. The Bertz CT molecular complexity index is 601. The maximum absolute atomic E-state index is 11.2. The van der Waals surface area contributed by atoms with Crippen molar-refractivity contribution in [3.05, 3.63) is 27.8 Å². The second kappa shape index (κ2) is 5.60. The van der Waals surface area contributed by atoms with Crippen LogP contribution in [0.25, 0.3) is 0 Å². The van der Waals surface area contributed by atoms with Crippen molar-refractivity contribution in [3.63, 3.8) is 0 Å². The number of aromatic hydroxyl groups is 1. The first-order valence-electron chi connectivity index (χ1n) is 5.82. The first-order valence-corrected chi connectivity index (χ1v) is 5.82. The SMILES string of the molecule is CCCc1c(C)c(C(=O)O)c(C(=O)O)c(O)c1C(=O)O. The van der Waals surface area contributed by atoms with E-state index in [1.807, 2.05) is 0 Å². The quantitative estimate of drug-likeness (QED) is 0.646. The summed E-state index contributed by atoms with van der Waals surface area (Å²) in [5.74, 6) is -5.72. The van der Waals surface area contributed by atoms with Crippen LogP contribution in [0.1, 0.15) is 55.5 Å². The highest BCUT2D eigenvalue weighted by Gasteiger charge is 2.31. The first-order chi connectivity index (χ1) is 9.23. The van der Waals surface area contributed by atoms with Gasteiger partial charge in [-0.05, 0) is 24.5 Å². The molecule has 0 saturated heterocycles. The van der Waals surface area contributed by atoms with Crippen molar-refractivity contribution in [1.29, 1.82) is 0 Å². The Hall–Kier alpha value is -2.57. The average Bonchev–Trinajstić information content (AvgIpc) is 2.31. The van der Waals surface area contributed by atoms with Gasteiger partial charge in [-0.25, -0.2) is 14.4 Å². The van der Waals surface area contributed by atoms with E-state index in [4.69, 9.17) is 15.3 Å². The summed E-state index contributed by atoms with van der Waals surface area (Å²) >= 11 is 0. The van der Waals surface area contributed by atoms with Gasteiger partial charge in [-0.3, -0.25) is 0 Å². The van der Waals surface area contributed by atoms with Crippen LogP contribution in [-0.2, 0) is 6.42 Å². The van der Waals surface area contributed by atoms with E-state index in [2.05, 4.69) is 0 Å². The van der Waals surface area contributed by atoms with E-state index in [9.17, 15) is 19.5 Å². The lowest BCUT2D eigenvalue weighted by Gasteiger charge is -2.16. The molecule has 0 atom stereocenters. The van der Waals surface area contributed by atoms with E-state index < -0.39 is 40.3 Å². The predicted molar refractivity (Wildman–Crippen MR) is 67.7 cm³/mol. The van der Waals surface area contributed by atoms with Gasteiger partial charge in [0.1, 0.15) is 16.9 Å². The first kappa shape index (κ1) is 15.5. The number of hydrogen-bond acceptors (Lipinski definition) is 4. The summed E-state index contributed by atoms with van der Waals surface area (Å²) in [6, 6.07) is 0. The van der Waals surface area contributed by atoms with Crippen LogP contribution in [0.15, 0.2) is 0 Å². The second-order valence-electron chi connectivity index (χ2n) is 4.24. The number of phenols is 1. The van der Waals surface area contributed by atoms with E-state index in [1.165, 1.54) is 6.92 Å². The Morgan fingerprint density at radius 1 is 0.900 bits per heavy atom. The molecule has 0 aliphatic carbocycles. The molecular weight excluding hydrogens is 268 g/mol. The van der Waals surface area contributed by atoms with Crippen molar-refractivity contribution >= 4 is 17.9 Å². The molecule has 0 unspecified atom stereocenters. The van der Waals surface area contributed by atoms with Gasteiger partial charge in [-0.1, -0.05) is 13.3 Å². The topological polar surface area (TPSA) is 132 Å². The Balaban J connectivity index is 3.94. The molecule has 0 amide bonds. The van der Waals surface area contributed by atoms with Gasteiger partial charge in [-0.15, -0.1) is 0 Å². The fraction of sp³-hybridized carbons (Fsp3) is 0.308. The van der Waals surface area contributed by atoms with Gasteiger partial charge in [0.05, 0.1) is 5.56 Å². The number of carbonyl (C=O) groups is 3. The van der Waals surface area contributed by atoms with E-state index in [0.29, 0.717) is 6.42 Å². The minimum atomic E-state index is -1.69. The molecule has 108 valence electrons. The molecule has 0 spiro atoms. The Kier molecular flexibility index (Phi) is 4.34. The summed E-state index contributed by atoms with van der Waals surface area (Å²) in [7, 11) is 0. The lowest BCUT2D eigenvalue weighted by Crippen LogP contribution is -2.17. The molecule has 0 heterocycles. The number of carboxylic acids is 3. The van der Waals surface area contributed by atoms with Crippen molar-refractivity contribution in [2.75, 3.05) is 0 Å².